The summed E-state index contributed by atoms with van der Waals surface area (Å²) in [5.41, 5.74) is 7.13. The van der Waals surface area contributed by atoms with Gasteiger partial charge in [-0.25, -0.2) is 0 Å². The van der Waals surface area contributed by atoms with Gasteiger partial charge in [-0.15, -0.1) is 0 Å². The Hall–Kier alpha value is -1.55. The van der Waals surface area contributed by atoms with Crippen LogP contribution in [0.25, 0.3) is 0 Å². The molecule has 2 rings (SSSR count). The monoisotopic (exact) mass is 248 g/mol. The minimum absolute atomic E-state index is 0.0646. The molecule has 1 heterocycles. The predicted octanol–water partition coefficient (Wildman–Crippen LogP) is 1.71. The second kappa shape index (κ2) is 5.40. The second-order valence-corrected chi connectivity index (χ2v) is 4.46. The summed E-state index contributed by atoms with van der Waals surface area (Å²) in [5.74, 6) is 0.954. The van der Waals surface area contributed by atoms with Gasteiger partial charge in [0.25, 0.3) is 0 Å². The van der Waals surface area contributed by atoms with Gasteiger partial charge >= 0.3 is 0 Å². The molecule has 0 aromatic heterocycles. The predicted molar refractivity (Wildman–Crippen MR) is 70.3 cm³/mol. The molecule has 1 fully saturated rings. The fourth-order valence-electron chi connectivity index (χ4n) is 2.60. The molecule has 0 saturated carbocycles. The Morgan fingerprint density at radius 2 is 2.11 bits per heavy atom. The van der Waals surface area contributed by atoms with E-state index in [9.17, 15) is 4.79 Å². The van der Waals surface area contributed by atoms with Crippen molar-refractivity contribution in [2.24, 2.45) is 5.73 Å². The maximum atomic E-state index is 11.9. The highest BCUT2D eigenvalue weighted by Crippen LogP contribution is 2.36. The van der Waals surface area contributed by atoms with Crippen molar-refractivity contribution in [3.05, 3.63) is 29.8 Å². The molecular formula is C14H20N2O2. The number of nitrogens with zero attached hydrogens (tertiary/aromatic N) is 1. The maximum absolute atomic E-state index is 11.9. The van der Waals surface area contributed by atoms with Crippen molar-refractivity contribution in [2.75, 3.05) is 13.2 Å². The minimum Gasteiger partial charge on any atom is -0.494 e. The number of para-hydroxylation sites is 1. The van der Waals surface area contributed by atoms with Crippen LogP contribution in [0.4, 0.5) is 0 Å². The number of hydrogen-bond donors (Lipinski definition) is 1. The van der Waals surface area contributed by atoms with Crippen molar-refractivity contribution in [2.45, 2.75) is 32.4 Å². The summed E-state index contributed by atoms with van der Waals surface area (Å²) in [6.07, 6.45) is 0.416. The maximum Gasteiger partial charge on any atom is 0.224 e. The van der Waals surface area contributed by atoms with Gasteiger partial charge in [0, 0.05) is 24.6 Å². The van der Waals surface area contributed by atoms with Crippen LogP contribution in [0.15, 0.2) is 24.3 Å². The molecule has 1 saturated heterocycles. The smallest absolute Gasteiger partial charge is 0.224 e. The molecule has 1 aromatic rings. The first-order chi connectivity index (χ1) is 8.69. The first-order valence-electron chi connectivity index (χ1n) is 6.45. The number of likely N-dealkylation sites (N-methyl/N-ethyl adjacent to an activating group) is 1. The average molecular weight is 248 g/mol. The van der Waals surface area contributed by atoms with Crippen molar-refractivity contribution < 1.29 is 9.53 Å². The number of benzene rings is 1. The lowest BCUT2D eigenvalue weighted by Gasteiger charge is -2.27. The standard InChI is InChI=1S/C14H20N2O2/c1-3-16-13(17)9-11(15)14(16)10-7-5-6-8-12(10)18-4-2/h5-8,11,14H,3-4,9,15H2,1-2H3. The number of hydrogen-bond acceptors (Lipinski definition) is 3. The van der Waals surface area contributed by atoms with E-state index in [4.69, 9.17) is 10.5 Å². The molecule has 0 bridgehead atoms. The normalized spacial score (nSPS) is 23.5. The fraction of sp³-hybridized carbons (Fsp3) is 0.500. The minimum atomic E-state index is -0.154. The van der Waals surface area contributed by atoms with Crippen LogP contribution in [0.3, 0.4) is 0 Å². The Morgan fingerprint density at radius 3 is 2.78 bits per heavy atom. The zero-order valence-corrected chi connectivity index (χ0v) is 10.9. The first-order valence-corrected chi connectivity index (χ1v) is 6.45. The molecule has 1 aliphatic rings. The van der Waals surface area contributed by atoms with Crippen LogP contribution in [-0.2, 0) is 4.79 Å². The lowest BCUT2D eigenvalue weighted by atomic mass is 10.00. The average Bonchev–Trinajstić information content (AvgIpc) is 2.64. The molecule has 98 valence electrons. The van der Waals surface area contributed by atoms with E-state index in [2.05, 4.69) is 0 Å². The summed E-state index contributed by atoms with van der Waals surface area (Å²) >= 11 is 0. The van der Waals surface area contributed by atoms with E-state index in [1.807, 2.05) is 43.0 Å². The lowest BCUT2D eigenvalue weighted by molar-refractivity contribution is -0.128. The Kier molecular flexibility index (Phi) is 3.87. The van der Waals surface area contributed by atoms with E-state index in [1.54, 1.807) is 0 Å². The summed E-state index contributed by atoms with van der Waals surface area (Å²) in [5, 5.41) is 0. The molecule has 1 amide bonds. The van der Waals surface area contributed by atoms with Crippen LogP contribution in [0.5, 0.6) is 5.75 Å². The van der Waals surface area contributed by atoms with E-state index in [-0.39, 0.29) is 18.0 Å². The zero-order valence-electron chi connectivity index (χ0n) is 10.9. The van der Waals surface area contributed by atoms with Gasteiger partial charge in [0.05, 0.1) is 12.6 Å². The largest absolute Gasteiger partial charge is 0.494 e. The number of amides is 1. The Morgan fingerprint density at radius 1 is 1.39 bits per heavy atom. The summed E-state index contributed by atoms with van der Waals surface area (Å²) in [7, 11) is 0. The number of rotatable bonds is 4. The van der Waals surface area contributed by atoms with E-state index in [1.165, 1.54) is 0 Å². The molecule has 0 radical (unpaired) electrons. The van der Waals surface area contributed by atoms with Crippen molar-refractivity contribution >= 4 is 5.91 Å². The molecule has 2 atom stereocenters. The molecule has 0 aliphatic carbocycles. The van der Waals surface area contributed by atoms with E-state index in [0.717, 1.165) is 11.3 Å². The van der Waals surface area contributed by atoms with Gasteiger partial charge in [0.1, 0.15) is 5.75 Å². The molecule has 1 aliphatic heterocycles. The summed E-state index contributed by atoms with van der Waals surface area (Å²) in [4.78, 5) is 13.7. The van der Waals surface area contributed by atoms with Crippen molar-refractivity contribution in [3.8, 4) is 5.75 Å². The van der Waals surface area contributed by atoms with E-state index >= 15 is 0 Å². The van der Waals surface area contributed by atoms with Crippen LogP contribution in [-0.4, -0.2) is 30.0 Å². The third kappa shape index (κ3) is 2.20. The highest BCUT2D eigenvalue weighted by atomic mass is 16.5. The molecule has 0 spiro atoms. The van der Waals surface area contributed by atoms with Crippen LogP contribution < -0.4 is 10.5 Å². The van der Waals surface area contributed by atoms with Crippen molar-refractivity contribution in [1.29, 1.82) is 0 Å². The van der Waals surface area contributed by atoms with Crippen LogP contribution in [0.1, 0.15) is 31.9 Å². The number of nitrogens with two attached hydrogens (primary N) is 1. The molecule has 4 nitrogen and oxygen atoms in total. The van der Waals surface area contributed by atoms with E-state index in [0.29, 0.717) is 19.6 Å². The molecule has 2 N–H and O–H groups in total. The van der Waals surface area contributed by atoms with Gasteiger partial charge in [0.2, 0.25) is 5.91 Å². The first kappa shape index (κ1) is 12.9. The molecular weight excluding hydrogens is 228 g/mol. The number of carbonyl (C=O) groups is 1. The third-order valence-electron chi connectivity index (χ3n) is 3.35. The molecule has 18 heavy (non-hydrogen) atoms. The van der Waals surface area contributed by atoms with Crippen LogP contribution in [0, 0.1) is 0 Å². The highest BCUT2D eigenvalue weighted by Gasteiger charge is 2.38. The summed E-state index contributed by atoms with van der Waals surface area (Å²) in [6, 6.07) is 7.61. The molecule has 1 aromatic carbocycles. The van der Waals surface area contributed by atoms with Gasteiger partial charge in [-0.2, -0.15) is 0 Å². The molecule has 4 heteroatoms. The van der Waals surface area contributed by atoms with Gasteiger partial charge < -0.3 is 15.4 Å². The second-order valence-electron chi connectivity index (χ2n) is 4.46. The summed E-state index contributed by atoms with van der Waals surface area (Å²) in [6.45, 7) is 5.22. The SMILES string of the molecule is CCOc1ccccc1C1C(N)CC(=O)N1CC. The van der Waals surface area contributed by atoms with E-state index < -0.39 is 0 Å². The Labute approximate surface area is 108 Å². The quantitative estimate of drug-likeness (QED) is 0.882. The van der Waals surface area contributed by atoms with Gasteiger partial charge in [-0.05, 0) is 19.9 Å². The summed E-state index contributed by atoms with van der Waals surface area (Å²) < 4.78 is 5.63. The topological polar surface area (TPSA) is 55.6 Å². The van der Waals surface area contributed by atoms with Crippen molar-refractivity contribution in [1.82, 2.24) is 4.90 Å². The molecule has 2 unspecified atom stereocenters. The fourth-order valence-corrected chi connectivity index (χ4v) is 2.60. The van der Waals surface area contributed by atoms with Gasteiger partial charge in [-0.1, -0.05) is 18.2 Å². The van der Waals surface area contributed by atoms with Crippen molar-refractivity contribution in [3.63, 3.8) is 0 Å². The number of carbonyl (C=O) groups excluding carboxylic acids is 1. The van der Waals surface area contributed by atoms with Crippen LogP contribution in [0.2, 0.25) is 0 Å². The zero-order chi connectivity index (χ0) is 13.1. The van der Waals surface area contributed by atoms with Gasteiger partial charge in [-0.3, -0.25) is 4.79 Å². The van der Waals surface area contributed by atoms with Gasteiger partial charge in [0.15, 0.2) is 0 Å². The number of ether oxygens (including phenoxy) is 1. The Bertz CT molecular complexity index is 434. The van der Waals surface area contributed by atoms with Crippen LogP contribution >= 0.6 is 0 Å². The third-order valence-corrected chi connectivity index (χ3v) is 3.35. The number of likely N-dealkylation sites (tertiary alicyclic amines) is 1. The highest BCUT2D eigenvalue weighted by molar-refractivity contribution is 5.80. The Balaban J connectivity index is 2.37. The lowest BCUT2D eigenvalue weighted by Crippen LogP contribution is -2.33.